The number of amides is 1. The Balaban J connectivity index is 2.74. The minimum atomic E-state index is -0.722. The van der Waals surface area contributed by atoms with Crippen LogP contribution in [0.3, 0.4) is 0 Å². The SMILES string of the molecule is CN(C)C(=O)/C=C/C(=O)Oc1c(Cl)cccc1Cl. The number of carbonyl (C=O) groups excluding carboxylic acids is 2. The summed E-state index contributed by atoms with van der Waals surface area (Å²) < 4.78 is 4.95. The van der Waals surface area contributed by atoms with Crippen molar-refractivity contribution in [2.45, 2.75) is 0 Å². The van der Waals surface area contributed by atoms with E-state index in [1.807, 2.05) is 0 Å². The van der Waals surface area contributed by atoms with E-state index in [1.54, 1.807) is 32.3 Å². The average Bonchev–Trinajstić information content (AvgIpc) is 2.30. The normalized spacial score (nSPS) is 10.4. The van der Waals surface area contributed by atoms with Crippen molar-refractivity contribution in [3.63, 3.8) is 0 Å². The number of hydrogen-bond donors (Lipinski definition) is 0. The monoisotopic (exact) mass is 287 g/mol. The van der Waals surface area contributed by atoms with Gasteiger partial charge in [-0.2, -0.15) is 0 Å². The van der Waals surface area contributed by atoms with Gasteiger partial charge in [0.15, 0.2) is 5.75 Å². The molecule has 4 nitrogen and oxygen atoms in total. The Morgan fingerprint density at radius 3 is 2.22 bits per heavy atom. The largest absolute Gasteiger partial charge is 0.420 e. The van der Waals surface area contributed by atoms with Crippen LogP contribution in [0.25, 0.3) is 0 Å². The topological polar surface area (TPSA) is 46.6 Å². The van der Waals surface area contributed by atoms with Crippen LogP contribution in [-0.4, -0.2) is 30.9 Å². The summed E-state index contributed by atoms with van der Waals surface area (Å²) >= 11 is 11.7. The van der Waals surface area contributed by atoms with Crippen LogP contribution in [0.1, 0.15) is 0 Å². The van der Waals surface area contributed by atoms with Gasteiger partial charge in [-0.15, -0.1) is 0 Å². The number of hydrogen-bond acceptors (Lipinski definition) is 3. The minimum Gasteiger partial charge on any atom is -0.420 e. The van der Waals surface area contributed by atoms with E-state index in [9.17, 15) is 9.59 Å². The predicted molar refractivity (Wildman–Crippen MR) is 69.9 cm³/mol. The van der Waals surface area contributed by atoms with E-state index in [1.165, 1.54) is 4.90 Å². The van der Waals surface area contributed by atoms with E-state index in [0.29, 0.717) is 0 Å². The summed E-state index contributed by atoms with van der Waals surface area (Å²) in [6.45, 7) is 0. The fourth-order valence-electron chi connectivity index (χ4n) is 1.00. The lowest BCUT2D eigenvalue weighted by atomic mass is 10.3. The number of likely N-dealkylation sites (N-methyl/N-ethyl adjacent to an activating group) is 1. The highest BCUT2D eigenvalue weighted by Gasteiger charge is 2.10. The highest BCUT2D eigenvalue weighted by Crippen LogP contribution is 2.32. The summed E-state index contributed by atoms with van der Waals surface area (Å²) in [5.74, 6) is -0.967. The first kappa shape index (κ1) is 14.5. The third-order valence-corrected chi connectivity index (χ3v) is 2.52. The second-order valence-electron chi connectivity index (χ2n) is 3.54. The molecule has 1 rings (SSSR count). The zero-order valence-corrected chi connectivity index (χ0v) is 11.3. The number of nitrogens with zero attached hydrogens (tertiary/aromatic N) is 1. The van der Waals surface area contributed by atoms with Gasteiger partial charge in [0.05, 0.1) is 10.0 Å². The first-order valence-corrected chi connectivity index (χ1v) is 5.72. The van der Waals surface area contributed by atoms with Crippen LogP contribution in [0.15, 0.2) is 30.4 Å². The molecule has 0 aliphatic carbocycles. The lowest BCUT2D eigenvalue weighted by Gasteiger charge is -2.06. The fraction of sp³-hybridized carbons (Fsp3) is 0.167. The zero-order valence-electron chi connectivity index (χ0n) is 9.81. The minimum absolute atomic E-state index is 0.0767. The van der Waals surface area contributed by atoms with Gasteiger partial charge in [-0.05, 0) is 12.1 Å². The maximum Gasteiger partial charge on any atom is 0.336 e. The van der Waals surface area contributed by atoms with Gasteiger partial charge in [0.25, 0.3) is 0 Å². The fourth-order valence-corrected chi connectivity index (χ4v) is 1.48. The smallest absolute Gasteiger partial charge is 0.336 e. The number of carbonyl (C=O) groups is 2. The summed E-state index contributed by atoms with van der Waals surface area (Å²) in [6.07, 6.45) is 2.12. The highest BCUT2D eigenvalue weighted by atomic mass is 35.5. The molecule has 0 radical (unpaired) electrons. The number of esters is 1. The standard InChI is InChI=1S/C12H11Cl2NO3/c1-15(2)10(16)6-7-11(17)18-12-8(13)4-3-5-9(12)14/h3-7H,1-2H3/b7-6+. The molecular weight excluding hydrogens is 277 g/mol. The zero-order chi connectivity index (χ0) is 13.7. The predicted octanol–water partition coefficient (Wildman–Crippen LogP) is 2.54. The maximum absolute atomic E-state index is 11.4. The molecule has 0 saturated carbocycles. The van der Waals surface area contributed by atoms with Crippen molar-refractivity contribution in [3.8, 4) is 5.75 Å². The Morgan fingerprint density at radius 1 is 1.17 bits per heavy atom. The lowest BCUT2D eigenvalue weighted by Crippen LogP contribution is -2.19. The van der Waals surface area contributed by atoms with Gasteiger partial charge in [0, 0.05) is 26.2 Å². The molecule has 0 atom stereocenters. The van der Waals surface area contributed by atoms with E-state index in [2.05, 4.69) is 0 Å². The van der Waals surface area contributed by atoms with Crippen molar-refractivity contribution >= 4 is 35.1 Å². The first-order valence-electron chi connectivity index (χ1n) is 4.97. The van der Waals surface area contributed by atoms with Gasteiger partial charge in [-0.1, -0.05) is 29.3 Å². The molecule has 0 fully saturated rings. The second kappa shape index (κ2) is 6.42. The van der Waals surface area contributed by atoms with Crippen LogP contribution in [-0.2, 0) is 9.59 Å². The molecule has 0 saturated heterocycles. The molecule has 0 spiro atoms. The second-order valence-corrected chi connectivity index (χ2v) is 4.35. The van der Waals surface area contributed by atoms with Gasteiger partial charge in [0.2, 0.25) is 5.91 Å². The quantitative estimate of drug-likeness (QED) is 0.488. The van der Waals surface area contributed by atoms with Crippen LogP contribution in [0, 0.1) is 0 Å². The highest BCUT2D eigenvalue weighted by molar-refractivity contribution is 6.37. The van der Waals surface area contributed by atoms with E-state index in [0.717, 1.165) is 12.2 Å². The van der Waals surface area contributed by atoms with Gasteiger partial charge in [-0.3, -0.25) is 4.79 Å². The van der Waals surface area contributed by atoms with Crippen LogP contribution in [0.2, 0.25) is 10.0 Å². The Bertz CT molecular complexity index is 478. The van der Waals surface area contributed by atoms with Crippen molar-refractivity contribution in [1.29, 1.82) is 0 Å². The van der Waals surface area contributed by atoms with Crippen molar-refractivity contribution in [2.24, 2.45) is 0 Å². The van der Waals surface area contributed by atoms with Crippen molar-refractivity contribution in [3.05, 3.63) is 40.4 Å². The third kappa shape index (κ3) is 4.05. The summed E-state index contributed by atoms with van der Waals surface area (Å²) in [4.78, 5) is 24.0. The van der Waals surface area contributed by atoms with Gasteiger partial charge in [-0.25, -0.2) is 4.79 Å². The molecule has 96 valence electrons. The Hall–Kier alpha value is -1.52. The van der Waals surface area contributed by atoms with Crippen molar-refractivity contribution in [1.82, 2.24) is 4.90 Å². The van der Waals surface area contributed by atoms with E-state index in [-0.39, 0.29) is 21.7 Å². The molecule has 0 heterocycles. The lowest BCUT2D eigenvalue weighted by molar-refractivity contribution is -0.129. The number of benzene rings is 1. The molecule has 0 unspecified atom stereocenters. The number of halogens is 2. The van der Waals surface area contributed by atoms with E-state index >= 15 is 0 Å². The summed E-state index contributed by atoms with van der Waals surface area (Å²) in [5, 5.41) is 0.450. The van der Waals surface area contributed by atoms with Crippen LogP contribution >= 0.6 is 23.2 Å². The number of para-hydroxylation sites is 1. The van der Waals surface area contributed by atoms with Crippen LogP contribution in [0.5, 0.6) is 5.75 Å². The van der Waals surface area contributed by atoms with Crippen LogP contribution < -0.4 is 4.74 Å². The van der Waals surface area contributed by atoms with Gasteiger partial charge < -0.3 is 9.64 Å². The Morgan fingerprint density at radius 2 is 1.72 bits per heavy atom. The number of ether oxygens (including phenoxy) is 1. The van der Waals surface area contributed by atoms with Gasteiger partial charge >= 0.3 is 5.97 Å². The summed E-state index contributed by atoms with van der Waals surface area (Å²) in [5.41, 5.74) is 0. The van der Waals surface area contributed by atoms with E-state index in [4.69, 9.17) is 27.9 Å². The molecule has 6 heteroatoms. The molecule has 0 aliphatic heterocycles. The first-order chi connectivity index (χ1) is 8.41. The maximum atomic E-state index is 11.4. The number of rotatable bonds is 3. The van der Waals surface area contributed by atoms with Crippen LogP contribution in [0.4, 0.5) is 0 Å². The molecular formula is C12H11Cl2NO3. The molecule has 0 aromatic heterocycles. The molecule has 0 bridgehead atoms. The average molecular weight is 288 g/mol. The molecule has 18 heavy (non-hydrogen) atoms. The molecule has 1 aromatic rings. The summed E-state index contributed by atoms with van der Waals surface area (Å²) in [6, 6.07) is 4.73. The third-order valence-electron chi connectivity index (χ3n) is 1.92. The molecule has 1 aromatic carbocycles. The van der Waals surface area contributed by atoms with Crippen molar-refractivity contribution in [2.75, 3.05) is 14.1 Å². The molecule has 0 aliphatic rings. The van der Waals surface area contributed by atoms with Crippen molar-refractivity contribution < 1.29 is 14.3 Å². The Kier molecular flexibility index (Phi) is 5.19. The van der Waals surface area contributed by atoms with E-state index < -0.39 is 5.97 Å². The summed E-state index contributed by atoms with van der Waals surface area (Å²) in [7, 11) is 3.14. The molecule has 0 N–H and O–H groups in total. The molecule has 1 amide bonds. The van der Waals surface area contributed by atoms with Gasteiger partial charge in [0.1, 0.15) is 0 Å². The Labute approximate surface area is 115 Å².